The molecule has 2 aromatic rings. The van der Waals surface area contributed by atoms with E-state index in [4.69, 9.17) is 16.9 Å². The maximum atomic E-state index is 11.2. The summed E-state index contributed by atoms with van der Waals surface area (Å²) in [6.45, 7) is 1.89. The molecule has 4 heteroatoms. The van der Waals surface area contributed by atoms with Gasteiger partial charge in [0.2, 0.25) is 0 Å². The molecular formula is C15H10ClNO2. The zero-order valence-corrected chi connectivity index (χ0v) is 10.9. The van der Waals surface area contributed by atoms with Crippen LogP contribution in [0, 0.1) is 18.3 Å². The predicted molar refractivity (Wildman–Crippen MR) is 73.3 cm³/mol. The van der Waals surface area contributed by atoms with E-state index < -0.39 is 5.97 Å². The van der Waals surface area contributed by atoms with Crippen molar-refractivity contribution in [2.24, 2.45) is 0 Å². The number of rotatable bonds is 2. The lowest BCUT2D eigenvalue weighted by Crippen LogP contribution is -2.00. The predicted octanol–water partition coefficient (Wildman–Crippen LogP) is 3.89. The SMILES string of the molecule is Cc1ccc(C(=O)O)c(-c2ccc(C#N)c(Cl)c2)c1. The molecule has 0 radical (unpaired) electrons. The van der Waals surface area contributed by atoms with E-state index in [1.807, 2.05) is 13.0 Å². The summed E-state index contributed by atoms with van der Waals surface area (Å²) >= 11 is 5.98. The number of nitriles is 1. The summed E-state index contributed by atoms with van der Waals surface area (Å²) in [6.07, 6.45) is 0. The van der Waals surface area contributed by atoms with E-state index in [0.717, 1.165) is 5.56 Å². The molecule has 0 aliphatic carbocycles. The molecule has 0 aromatic heterocycles. The van der Waals surface area contributed by atoms with Crippen LogP contribution in [0.2, 0.25) is 5.02 Å². The number of carbonyl (C=O) groups is 1. The number of hydrogen-bond acceptors (Lipinski definition) is 2. The van der Waals surface area contributed by atoms with Crippen molar-refractivity contribution in [2.45, 2.75) is 6.92 Å². The van der Waals surface area contributed by atoms with Gasteiger partial charge in [0.25, 0.3) is 0 Å². The molecule has 19 heavy (non-hydrogen) atoms. The van der Waals surface area contributed by atoms with E-state index in [-0.39, 0.29) is 5.56 Å². The lowest BCUT2D eigenvalue weighted by molar-refractivity contribution is 0.0697. The molecule has 0 fully saturated rings. The molecule has 0 unspecified atom stereocenters. The quantitative estimate of drug-likeness (QED) is 0.901. The highest BCUT2D eigenvalue weighted by Crippen LogP contribution is 2.29. The Morgan fingerprint density at radius 3 is 2.58 bits per heavy atom. The summed E-state index contributed by atoms with van der Waals surface area (Å²) in [5.41, 5.74) is 2.82. The van der Waals surface area contributed by atoms with Crippen molar-refractivity contribution >= 4 is 17.6 Å². The van der Waals surface area contributed by atoms with Gasteiger partial charge >= 0.3 is 5.97 Å². The van der Waals surface area contributed by atoms with E-state index >= 15 is 0 Å². The molecule has 1 N–H and O–H groups in total. The molecular weight excluding hydrogens is 262 g/mol. The summed E-state index contributed by atoms with van der Waals surface area (Å²) in [6, 6.07) is 12.0. The van der Waals surface area contributed by atoms with Crippen LogP contribution < -0.4 is 0 Å². The third-order valence-electron chi connectivity index (χ3n) is 2.81. The lowest BCUT2D eigenvalue weighted by atomic mass is 9.97. The molecule has 2 aromatic carbocycles. The maximum Gasteiger partial charge on any atom is 0.336 e. The van der Waals surface area contributed by atoms with Crippen LogP contribution in [-0.2, 0) is 0 Å². The van der Waals surface area contributed by atoms with Crippen LogP contribution in [-0.4, -0.2) is 11.1 Å². The number of carboxylic acids is 1. The Bertz CT molecular complexity index is 702. The Labute approximate surface area is 115 Å². The van der Waals surface area contributed by atoms with Gasteiger partial charge in [0.05, 0.1) is 16.1 Å². The normalized spacial score (nSPS) is 9.95. The molecule has 0 amide bonds. The highest BCUT2D eigenvalue weighted by atomic mass is 35.5. The first-order valence-corrected chi connectivity index (χ1v) is 5.94. The molecule has 0 heterocycles. The Morgan fingerprint density at radius 1 is 1.26 bits per heavy atom. The second kappa shape index (κ2) is 5.13. The number of benzene rings is 2. The van der Waals surface area contributed by atoms with E-state index in [1.165, 1.54) is 0 Å². The van der Waals surface area contributed by atoms with Gasteiger partial charge in [-0.3, -0.25) is 0 Å². The highest BCUT2D eigenvalue weighted by Gasteiger charge is 2.13. The van der Waals surface area contributed by atoms with Crippen LogP contribution >= 0.6 is 11.6 Å². The van der Waals surface area contributed by atoms with Crippen molar-refractivity contribution in [3.05, 3.63) is 58.1 Å². The fourth-order valence-electron chi connectivity index (χ4n) is 1.86. The zero-order valence-electron chi connectivity index (χ0n) is 10.1. The molecule has 0 spiro atoms. The number of halogens is 1. The Balaban J connectivity index is 2.65. The van der Waals surface area contributed by atoms with Crippen molar-refractivity contribution in [2.75, 3.05) is 0 Å². The number of nitrogens with zero attached hydrogens (tertiary/aromatic N) is 1. The number of aryl methyl sites for hydroxylation is 1. The van der Waals surface area contributed by atoms with Crippen LogP contribution in [0.3, 0.4) is 0 Å². The Kier molecular flexibility index (Phi) is 3.55. The summed E-state index contributed by atoms with van der Waals surface area (Å²) < 4.78 is 0. The van der Waals surface area contributed by atoms with Gasteiger partial charge in [-0.05, 0) is 36.2 Å². The van der Waals surface area contributed by atoms with Crippen molar-refractivity contribution < 1.29 is 9.90 Å². The summed E-state index contributed by atoms with van der Waals surface area (Å²) in [7, 11) is 0. The molecule has 0 atom stereocenters. The third kappa shape index (κ3) is 2.59. The topological polar surface area (TPSA) is 61.1 Å². The van der Waals surface area contributed by atoms with Gasteiger partial charge in [0.15, 0.2) is 0 Å². The Morgan fingerprint density at radius 2 is 2.00 bits per heavy atom. The second-order valence-electron chi connectivity index (χ2n) is 4.16. The van der Waals surface area contributed by atoms with Crippen LogP contribution in [0.5, 0.6) is 0 Å². The van der Waals surface area contributed by atoms with Crippen LogP contribution in [0.15, 0.2) is 36.4 Å². The average molecular weight is 272 g/mol. The fraction of sp³-hybridized carbons (Fsp3) is 0.0667. The summed E-state index contributed by atoms with van der Waals surface area (Å²) in [5, 5.41) is 18.4. The highest BCUT2D eigenvalue weighted by molar-refractivity contribution is 6.32. The molecule has 94 valence electrons. The molecule has 0 bridgehead atoms. The smallest absolute Gasteiger partial charge is 0.336 e. The summed E-state index contributed by atoms with van der Waals surface area (Å²) in [4.78, 5) is 11.2. The maximum absolute atomic E-state index is 11.2. The number of aromatic carboxylic acids is 1. The minimum absolute atomic E-state index is 0.214. The van der Waals surface area contributed by atoms with Gasteiger partial charge in [-0.15, -0.1) is 0 Å². The first kappa shape index (κ1) is 13.1. The average Bonchev–Trinajstić information content (AvgIpc) is 2.38. The van der Waals surface area contributed by atoms with E-state index in [9.17, 15) is 9.90 Å². The molecule has 2 rings (SSSR count). The first-order valence-electron chi connectivity index (χ1n) is 5.57. The van der Waals surface area contributed by atoms with Crippen molar-refractivity contribution in [1.82, 2.24) is 0 Å². The monoisotopic (exact) mass is 271 g/mol. The fourth-order valence-corrected chi connectivity index (χ4v) is 2.08. The van der Waals surface area contributed by atoms with Crippen molar-refractivity contribution in [1.29, 1.82) is 5.26 Å². The molecule has 0 saturated heterocycles. The molecule has 0 aliphatic rings. The van der Waals surface area contributed by atoms with Gasteiger partial charge in [-0.2, -0.15) is 5.26 Å². The van der Waals surface area contributed by atoms with Crippen LogP contribution in [0.25, 0.3) is 11.1 Å². The van der Waals surface area contributed by atoms with Crippen LogP contribution in [0.4, 0.5) is 0 Å². The van der Waals surface area contributed by atoms with E-state index in [2.05, 4.69) is 0 Å². The molecule has 3 nitrogen and oxygen atoms in total. The van der Waals surface area contributed by atoms with Gasteiger partial charge in [0.1, 0.15) is 6.07 Å². The largest absolute Gasteiger partial charge is 0.478 e. The molecule has 0 saturated carbocycles. The van der Waals surface area contributed by atoms with E-state index in [1.54, 1.807) is 36.4 Å². The third-order valence-corrected chi connectivity index (χ3v) is 3.12. The van der Waals surface area contributed by atoms with Gasteiger partial charge in [0, 0.05) is 0 Å². The van der Waals surface area contributed by atoms with Crippen LogP contribution in [0.1, 0.15) is 21.5 Å². The van der Waals surface area contributed by atoms with Gasteiger partial charge < -0.3 is 5.11 Å². The number of carboxylic acid groups (broad SMARTS) is 1. The van der Waals surface area contributed by atoms with Crippen molar-refractivity contribution in [3.63, 3.8) is 0 Å². The van der Waals surface area contributed by atoms with E-state index in [0.29, 0.717) is 21.7 Å². The standard InChI is InChI=1S/C15H10ClNO2/c1-9-2-5-12(15(18)19)13(6-9)10-3-4-11(8-17)14(16)7-10/h2-7H,1H3,(H,18,19). The lowest BCUT2D eigenvalue weighted by Gasteiger charge is -2.08. The van der Waals surface area contributed by atoms with Crippen molar-refractivity contribution in [3.8, 4) is 17.2 Å². The zero-order chi connectivity index (χ0) is 14.0. The number of hydrogen-bond donors (Lipinski definition) is 1. The second-order valence-corrected chi connectivity index (χ2v) is 4.57. The van der Waals surface area contributed by atoms with Gasteiger partial charge in [-0.1, -0.05) is 35.4 Å². The minimum Gasteiger partial charge on any atom is -0.478 e. The summed E-state index contributed by atoms with van der Waals surface area (Å²) in [5.74, 6) is -0.990. The minimum atomic E-state index is -0.990. The first-order chi connectivity index (χ1) is 9.02. The molecule has 0 aliphatic heterocycles. The Hall–Kier alpha value is -2.31. The van der Waals surface area contributed by atoms with Gasteiger partial charge in [-0.25, -0.2) is 4.79 Å².